The molecule has 3 rings (SSSR count). The molecule has 158 valence electrons. The molecule has 1 aliphatic rings. The van der Waals surface area contributed by atoms with Gasteiger partial charge in [-0.3, -0.25) is 14.4 Å². The van der Waals surface area contributed by atoms with Crippen molar-refractivity contribution >= 4 is 45.1 Å². The van der Waals surface area contributed by atoms with Crippen LogP contribution in [-0.2, 0) is 19.1 Å². The summed E-state index contributed by atoms with van der Waals surface area (Å²) >= 11 is 3.45. The summed E-state index contributed by atoms with van der Waals surface area (Å²) in [7, 11) is 0. The molecule has 6 nitrogen and oxygen atoms in total. The molecular weight excluding hydrogens is 448 g/mol. The highest BCUT2D eigenvalue weighted by atomic mass is 79.9. The van der Waals surface area contributed by atoms with Crippen LogP contribution in [0.25, 0.3) is 0 Å². The normalized spacial score (nSPS) is 16.0. The summed E-state index contributed by atoms with van der Waals surface area (Å²) in [5.41, 5.74) is 5.47. The number of benzene rings is 2. The number of esters is 1. The summed E-state index contributed by atoms with van der Waals surface area (Å²) in [5, 5.41) is 2.77. The minimum atomic E-state index is -0.581. The second kappa shape index (κ2) is 9.00. The zero-order valence-electron chi connectivity index (χ0n) is 17.5. The predicted molar refractivity (Wildman–Crippen MR) is 120 cm³/mol. The quantitative estimate of drug-likeness (QED) is 0.660. The molecule has 1 atom stereocenters. The zero-order valence-corrected chi connectivity index (χ0v) is 19.1. The summed E-state index contributed by atoms with van der Waals surface area (Å²) in [6, 6.07) is 9.62. The number of carbonyl (C=O) groups is 3. The van der Waals surface area contributed by atoms with Gasteiger partial charge in [-0.2, -0.15) is 0 Å². The first kappa shape index (κ1) is 22.0. The van der Waals surface area contributed by atoms with Crippen molar-refractivity contribution < 1.29 is 19.1 Å². The average Bonchev–Trinajstić information content (AvgIpc) is 3.06. The van der Waals surface area contributed by atoms with E-state index in [1.165, 1.54) is 0 Å². The lowest BCUT2D eigenvalue weighted by atomic mass is 10.1. The Labute approximate surface area is 184 Å². The van der Waals surface area contributed by atoms with E-state index < -0.39 is 17.8 Å². The van der Waals surface area contributed by atoms with Crippen LogP contribution >= 0.6 is 15.9 Å². The molecule has 1 fully saturated rings. The number of hydrogen-bond acceptors (Lipinski definition) is 4. The van der Waals surface area contributed by atoms with Crippen molar-refractivity contribution in [3.05, 3.63) is 57.1 Å². The van der Waals surface area contributed by atoms with Gasteiger partial charge in [-0.25, -0.2) is 0 Å². The van der Waals surface area contributed by atoms with Gasteiger partial charge in [-0.1, -0.05) is 33.6 Å². The van der Waals surface area contributed by atoms with Crippen LogP contribution < -0.4 is 10.2 Å². The van der Waals surface area contributed by atoms with E-state index >= 15 is 0 Å². The molecule has 0 bridgehead atoms. The van der Waals surface area contributed by atoms with Crippen LogP contribution in [0.3, 0.4) is 0 Å². The molecule has 30 heavy (non-hydrogen) atoms. The highest BCUT2D eigenvalue weighted by molar-refractivity contribution is 9.10. The van der Waals surface area contributed by atoms with Crippen molar-refractivity contribution in [3.8, 4) is 0 Å². The van der Waals surface area contributed by atoms with Gasteiger partial charge in [0.1, 0.15) is 0 Å². The summed E-state index contributed by atoms with van der Waals surface area (Å²) in [5.74, 6) is -1.64. The summed E-state index contributed by atoms with van der Waals surface area (Å²) in [6.45, 7) is 7.62. The van der Waals surface area contributed by atoms with Crippen LogP contribution in [0.4, 0.5) is 11.4 Å². The van der Waals surface area contributed by atoms with Crippen molar-refractivity contribution in [1.29, 1.82) is 0 Å². The van der Waals surface area contributed by atoms with Gasteiger partial charge in [-0.05, 0) is 62.6 Å². The number of anilines is 2. The van der Waals surface area contributed by atoms with Crippen LogP contribution in [0, 0.1) is 33.6 Å². The Hall–Kier alpha value is -2.67. The average molecular weight is 473 g/mol. The van der Waals surface area contributed by atoms with E-state index in [1.54, 1.807) is 4.90 Å². The monoisotopic (exact) mass is 472 g/mol. The third-order valence-corrected chi connectivity index (χ3v) is 6.08. The maximum atomic E-state index is 12.4. The summed E-state index contributed by atoms with van der Waals surface area (Å²) < 4.78 is 6.16. The molecule has 1 N–H and O–H groups in total. The van der Waals surface area contributed by atoms with E-state index in [9.17, 15) is 14.4 Å². The standard InChI is InChI=1S/C23H25BrN2O4/c1-13-5-6-20(16(4)7-13)26-11-17(10-22(26)28)23(29)30-12-21(27)25-19-9-14(2)18(24)8-15(19)3/h5-9,17H,10-12H2,1-4H3,(H,25,27)/t17-/m1/s1. The lowest BCUT2D eigenvalue weighted by Crippen LogP contribution is -2.28. The van der Waals surface area contributed by atoms with E-state index in [1.807, 2.05) is 58.0 Å². The molecule has 1 aliphatic heterocycles. The Morgan fingerprint density at radius 2 is 1.83 bits per heavy atom. The smallest absolute Gasteiger partial charge is 0.311 e. The van der Waals surface area contributed by atoms with E-state index in [2.05, 4.69) is 21.2 Å². The molecule has 0 unspecified atom stereocenters. The minimum Gasteiger partial charge on any atom is -0.455 e. The molecule has 0 saturated carbocycles. The van der Waals surface area contributed by atoms with E-state index in [4.69, 9.17) is 4.74 Å². The number of ether oxygens (including phenoxy) is 1. The van der Waals surface area contributed by atoms with Crippen molar-refractivity contribution in [2.45, 2.75) is 34.1 Å². The fraction of sp³-hybridized carbons (Fsp3) is 0.348. The molecule has 0 aromatic heterocycles. The Kier molecular flexibility index (Phi) is 6.61. The first-order valence-electron chi connectivity index (χ1n) is 9.76. The summed E-state index contributed by atoms with van der Waals surface area (Å²) in [6.07, 6.45) is 0.0821. The van der Waals surface area contributed by atoms with Crippen LogP contribution in [0.1, 0.15) is 28.7 Å². The second-order valence-electron chi connectivity index (χ2n) is 7.77. The van der Waals surface area contributed by atoms with Gasteiger partial charge in [0, 0.05) is 28.8 Å². The fourth-order valence-electron chi connectivity index (χ4n) is 3.56. The SMILES string of the molecule is Cc1ccc(N2C[C@H](C(=O)OCC(=O)Nc3cc(C)c(Br)cc3C)CC2=O)c(C)c1. The third kappa shape index (κ3) is 4.90. The first-order valence-corrected chi connectivity index (χ1v) is 10.6. The fourth-order valence-corrected chi connectivity index (χ4v) is 4.02. The molecule has 1 heterocycles. The topological polar surface area (TPSA) is 75.7 Å². The maximum absolute atomic E-state index is 12.4. The van der Waals surface area contributed by atoms with Gasteiger partial charge in [0.15, 0.2) is 6.61 Å². The van der Waals surface area contributed by atoms with Gasteiger partial charge in [-0.15, -0.1) is 0 Å². The molecule has 1 saturated heterocycles. The number of halogens is 1. The van der Waals surface area contributed by atoms with E-state index in [-0.39, 0.29) is 25.5 Å². The predicted octanol–water partition coefficient (Wildman–Crippen LogP) is 4.22. The Bertz CT molecular complexity index is 1020. The van der Waals surface area contributed by atoms with Crippen molar-refractivity contribution in [2.75, 3.05) is 23.4 Å². The number of rotatable bonds is 5. The molecular formula is C23H25BrN2O4. The summed E-state index contributed by atoms with van der Waals surface area (Å²) in [4.78, 5) is 38.7. The molecule has 0 radical (unpaired) electrons. The number of carbonyl (C=O) groups excluding carboxylic acids is 3. The van der Waals surface area contributed by atoms with Crippen LogP contribution in [0.2, 0.25) is 0 Å². The lowest BCUT2D eigenvalue weighted by Gasteiger charge is -2.19. The Morgan fingerprint density at radius 1 is 1.10 bits per heavy atom. The van der Waals surface area contributed by atoms with E-state index in [0.29, 0.717) is 5.69 Å². The third-order valence-electron chi connectivity index (χ3n) is 5.23. The number of hydrogen-bond donors (Lipinski definition) is 1. The van der Waals surface area contributed by atoms with Crippen LogP contribution in [-0.4, -0.2) is 30.9 Å². The minimum absolute atomic E-state index is 0.0821. The Morgan fingerprint density at radius 3 is 2.53 bits per heavy atom. The Balaban J connectivity index is 1.57. The van der Waals surface area contributed by atoms with Crippen molar-refractivity contribution in [1.82, 2.24) is 0 Å². The lowest BCUT2D eigenvalue weighted by molar-refractivity contribution is -0.151. The van der Waals surface area contributed by atoms with Gasteiger partial charge < -0.3 is 15.0 Å². The second-order valence-corrected chi connectivity index (χ2v) is 8.62. The molecule has 7 heteroatoms. The van der Waals surface area contributed by atoms with Gasteiger partial charge in [0.05, 0.1) is 5.92 Å². The largest absolute Gasteiger partial charge is 0.455 e. The highest BCUT2D eigenvalue weighted by Gasteiger charge is 2.36. The zero-order chi connectivity index (χ0) is 22.0. The van der Waals surface area contributed by atoms with Gasteiger partial charge in [0.25, 0.3) is 5.91 Å². The highest BCUT2D eigenvalue weighted by Crippen LogP contribution is 2.29. The van der Waals surface area contributed by atoms with Crippen molar-refractivity contribution in [2.24, 2.45) is 5.92 Å². The number of nitrogens with zero attached hydrogens (tertiary/aromatic N) is 1. The number of aryl methyl sites for hydroxylation is 4. The van der Waals surface area contributed by atoms with Gasteiger partial charge in [0.2, 0.25) is 5.91 Å². The van der Waals surface area contributed by atoms with Gasteiger partial charge >= 0.3 is 5.97 Å². The molecule has 2 amide bonds. The first-order chi connectivity index (χ1) is 14.2. The maximum Gasteiger partial charge on any atom is 0.311 e. The molecule has 0 spiro atoms. The van der Waals surface area contributed by atoms with Crippen molar-refractivity contribution in [3.63, 3.8) is 0 Å². The number of nitrogens with one attached hydrogen (secondary N) is 1. The molecule has 0 aliphatic carbocycles. The van der Waals surface area contributed by atoms with E-state index in [0.717, 1.165) is 32.4 Å². The molecule has 2 aromatic carbocycles. The van der Waals surface area contributed by atoms with Crippen LogP contribution in [0.5, 0.6) is 0 Å². The number of amides is 2. The molecule has 2 aromatic rings. The van der Waals surface area contributed by atoms with Crippen LogP contribution in [0.15, 0.2) is 34.8 Å².